The van der Waals surface area contributed by atoms with E-state index < -0.39 is 11.4 Å². The normalized spacial score (nSPS) is 18.9. The van der Waals surface area contributed by atoms with Gasteiger partial charge in [0.2, 0.25) is 5.91 Å². The topological polar surface area (TPSA) is 78.3 Å². The third kappa shape index (κ3) is 4.64. The Kier molecular flexibility index (Phi) is 5.92. The number of hydrogen-bond donors (Lipinski definition) is 2. The number of nitrogens with two attached hydrogens (primary N) is 2. The zero-order chi connectivity index (χ0) is 12.7. The van der Waals surface area contributed by atoms with Crippen molar-refractivity contribution in [2.24, 2.45) is 17.4 Å². The number of amides is 1. The fourth-order valence-corrected chi connectivity index (χ4v) is 2.04. The molecular weight excluding hydrogens is 216 g/mol. The maximum absolute atomic E-state index is 11.3. The third-order valence-electron chi connectivity index (χ3n) is 3.50. The standard InChI is InChI=1S/C13H26N2O2/c1-2-3-4-5-6-9-17-10-13(15,12(14)16)11-7-8-11/h11H,2-10,15H2,1H3,(H2,14,16). The number of carbonyl (C=O) groups is 1. The van der Waals surface area contributed by atoms with Gasteiger partial charge in [-0.25, -0.2) is 0 Å². The van der Waals surface area contributed by atoms with Gasteiger partial charge in [0.25, 0.3) is 0 Å². The largest absolute Gasteiger partial charge is 0.379 e. The first-order valence-corrected chi connectivity index (χ1v) is 6.77. The summed E-state index contributed by atoms with van der Waals surface area (Å²) in [6, 6.07) is 0. The molecule has 0 aromatic heterocycles. The minimum atomic E-state index is -0.927. The highest BCUT2D eigenvalue weighted by molar-refractivity contribution is 5.85. The van der Waals surface area contributed by atoms with Crippen LogP contribution in [0.3, 0.4) is 0 Å². The summed E-state index contributed by atoms with van der Waals surface area (Å²) in [5.41, 5.74) is 10.4. The summed E-state index contributed by atoms with van der Waals surface area (Å²) in [6.07, 6.45) is 8.01. The lowest BCUT2D eigenvalue weighted by molar-refractivity contribution is -0.126. The fraction of sp³-hybridized carbons (Fsp3) is 0.923. The molecular formula is C13H26N2O2. The summed E-state index contributed by atoms with van der Waals surface area (Å²) >= 11 is 0. The first-order chi connectivity index (χ1) is 8.11. The summed E-state index contributed by atoms with van der Waals surface area (Å²) in [7, 11) is 0. The molecule has 1 amide bonds. The molecule has 4 N–H and O–H groups in total. The van der Waals surface area contributed by atoms with Crippen LogP contribution >= 0.6 is 0 Å². The molecule has 1 atom stereocenters. The smallest absolute Gasteiger partial charge is 0.240 e. The maximum atomic E-state index is 11.3. The van der Waals surface area contributed by atoms with Gasteiger partial charge in [-0.3, -0.25) is 4.79 Å². The second-order valence-corrected chi connectivity index (χ2v) is 5.15. The predicted octanol–water partition coefficient (Wildman–Crippen LogP) is 1.57. The van der Waals surface area contributed by atoms with Crippen molar-refractivity contribution in [3.63, 3.8) is 0 Å². The maximum Gasteiger partial charge on any atom is 0.240 e. The van der Waals surface area contributed by atoms with E-state index in [4.69, 9.17) is 16.2 Å². The highest BCUT2D eigenvalue weighted by atomic mass is 16.5. The van der Waals surface area contributed by atoms with Crippen molar-refractivity contribution in [3.8, 4) is 0 Å². The molecule has 100 valence electrons. The van der Waals surface area contributed by atoms with E-state index in [1.165, 1.54) is 25.7 Å². The molecule has 1 rings (SSSR count). The quantitative estimate of drug-likeness (QED) is 0.571. The molecule has 0 aromatic rings. The molecule has 1 unspecified atom stereocenters. The molecule has 0 aliphatic heterocycles. The van der Waals surface area contributed by atoms with Crippen molar-refractivity contribution in [1.82, 2.24) is 0 Å². The van der Waals surface area contributed by atoms with Crippen LogP contribution in [0.2, 0.25) is 0 Å². The average Bonchev–Trinajstić information content (AvgIpc) is 3.11. The molecule has 4 heteroatoms. The van der Waals surface area contributed by atoms with E-state index in [1.807, 2.05) is 0 Å². The van der Waals surface area contributed by atoms with Gasteiger partial charge in [0.15, 0.2) is 0 Å². The molecule has 1 aliphatic carbocycles. The van der Waals surface area contributed by atoms with E-state index in [0.717, 1.165) is 19.3 Å². The summed E-state index contributed by atoms with van der Waals surface area (Å²) in [4.78, 5) is 11.3. The number of ether oxygens (including phenoxy) is 1. The Labute approximate surface area is 104 Å². The Hall–Kier alpha value is -0.610. The van der Waals surface area contributed by atoms with Crippen LogP contribution in [0, 0.1) is 5.92 Å². The summed E-state index contributed by atoms with van der Waals surface area (Å²) in [5.74, 6) is -0.189. The molecule has 17 heavy (non-hydrogen) atoms. The average molecular weight is 242 g/mol. The van der Waals surface area contributed by atoms with E-state index >= 15 is 0 Å². The fourth-order valence-electron chi connectivity index (χ4n) is 2.04. The summed E-state index contributed by atoms with van der Waals surface area (Å²) in [5, 5.41) is 0. The first kappa shape index (κ1) is 14.5. The zero-order valence-electron chi connectivity index (χ0n) is 10.9. The van der Waals surface area contributed by atoms with Gasteiger partial charge in [-0.1, -0.05) is 32.6 Å². The van der Waals surface area contributed by atoms with Crippen LogP contribution in [0.25, 0.3) is 0 Å². The number of carbonyl (C=O) groups excluding carboxylic acids is 1. The van der Waals surface area contributed by atoms with Gasteiger partial charge < -0.3 is 16.2 Å². The molecule has 1 saturated carbocycles. The van der Waals surface area contributed by atoms with Crippen LogP contribution < -0.4 is 11.5 Å². The van der Waals surface area contributed by atoms with Crippen molar-refractivity contribution < 1.29 is 9.53 Å². The lowest BCUT2D eigenvalue weighted by atomic mass is 9.95. The van der Waals surface area contributed by atoms with Gasteiger partial charge in [0.1, 0.15) is 5.54 Å². The van der Waals surface area contributed by atoms with E-state index in [2.05, 4.69) is 6.92 Å². The summed E-state index contributed by atoms with van der Waals surface area (Å²) < 4.78 is 5.52. The predicted molar refractivity (Wildman–Crippen MR) is 68.4 cm³/mol. The molecule has 0 heterocycles. The Bertz CT molecular complexity index is 242. The van der Waals surface area contributed by atoms with E-state index in [-0.39, 0.29) is 12.5 Å². The van der Waals surface area contributed by atoms with Crippen LogP contribution in [-0.4, -0.2) is 24.7 Å². The van der Waals surface area contributed by atoms with Gasteiger partial charge in [-0.05, 0) is 25.2 Å². The molecule has 0 radical (unpaired) electrons. The minimum Gasteiger partial charge on any atom is -0.379 e. The first-order valence-electron chi connectivity index (χ1n) is 6.77. The Balaban J connectivity index is 2.09. The molecule has 0 spiro atoms. The molecule has 0 saturated heterocycles. The van der Waals surface area contributed by atoms with Gasteiger partial charge in [0.05, 0.1) is 6.61 Å². The van der Waals surface area contributed by atoms with Crippen molar-refractivity contribution in [2.45, 2.75) is 57.4 Å². The SMILES string of the molecule is CCCCCCCOCC(N)(C(N)=O)C1CC1. The Morgan fingerprint density at radius 2 is 1.94 bits per heavy atom. The molecule has 4 nitrogen and oxygen atoms in total. The van der Waals surface area contributed by atoms with Gasteiger partial charge in [-0.15, -0.1) is 0 Å². The van der Waals surface area contributed by atoms with Crippen LogP contribution in [0.5, 0.6) is 0 Å². The van der Waals surface area contributed by atoms with Crippen LogP contribution in [0.15, 0.2) is 0 Å². The highest BCUT2D eigenvalue weighted by Crippen LogP contribution is 2.38. The second-order valence-electron chi connectivity index (χ2n) is 5.15. The van der Waals surface area contributed by atoms with Gasteiger partial charge >= 0.3 is 0 Å². The second kappa shape index (κ2) is 6.97. The van der Waals surface area contributed by atoms with Crippen LogP contribution in [0.1, 0.15) is 51.9 Å². The molecule has 1 fully saturated rings. The number of rotatable bonds is 10. The molecule has 0 bridgehead atoms. The highest BCUT2D eigenvalue weighted by Gasteiger charge is 2.47. The van der Waals surface area contributed by atoms with Gasteiger partial charge in [0, 0.05) is 6.61 Å². The summed E-state index contributed by atoms with van der Waals surface area (Å²) in [6.45, 7) is 3.16. The monoisotopic (exact) mass is 242 g/mol. The van der Waals surface area contributed by atoms with Crippen molar-refractivity contribution >= 4 is 5.91 Å². The number of unbranched alkanes of at least 4 members (excludes halogenated alkanes) is 4. The van der Waals surface area contributed by atoms with Crippen LogP contribution in [-0.2, 0) is 9.53 Å². The van der Waals surface area contributed by atoms with Crippen molar-refractivity contribution in [1.29, 1.82) is 0 Å². The minimum absolute atomic E-state index is 0.236. The molecule has 0 aromatic carbocycles. The van der Waals surface area contributed by atoms with Crippen LogP contribution in [0.4, 0.5) is 0 Å². The van der Waals surface area contributed by atoms with Crippen molar-refractivity contribution in [2.75, 3.05) is 13.2 Å². The zero-order valence-corrected chi connectivity index (χ0v) is 10.9. The lowest BCUT2D eigenvalue weighted by Crippen LogP contribution is -2.57. The lowest BCUT2D eigenvalue weighted by Gasteiger charge is -2.25. The number of primary amides is 1. The van der Waals surface area contributed by atoms with Gasteiger partial charge in [-0.2, -0.15) is 0 Å². The van der Waals surface area contributed by atoms with E-state index in [1.54, 1.807) is 0 Å². The Morgan fingerprint density at radius 1 is 1.29 bits per heavy atom. The third-order valence-corrected chi connectivity index (χ3v) is 3.50. The van der Waals surface area contributed by atoms with E-state index in [9.17, 15) is 4.79 Å². The Morgan fingerprint density at radius 3 is 2.47 bits per heavy atom. The van der Waals surface area contributed by atoms with E-state index in [0.29, 0.717) is 6.61 Å². The molecule has 1 aliphatic rings. The van der Waals surface area contributed by atoms with Crippen molar-refractivity contribution in [3.05, 3.63) is 0 Å². The number of hydrogen-bond acceptors (Lipinski definition) is 3.